The number of benzene rings is 2. The van der Waals surface area contributed by atoms with E-state index in [4.69, 9.17) is 11.6 Å². The van der Waals surface area contributed by atoms with Crippen molar-refractivity contribution in [2.45, 2.75) is 45.6 Å². The van der Waals surface area contributed by atoms with E-state index in [1.165, 1.54) is 17.5 Å². The molecule has 0 saturated carbocycles. The Morgan fingerprint density at radius 1 is 1.03 bits per heavy atom. The summed E-state index contributed by atoms with van der Waals surface area (Å²) in [5, 5.41) is 11.9. The third-order valence-corrected chi connectivity index (χ3v) is 7.15. The maximum Gasteiger partial charge on any atom is 0.295 e. The van der Waals surface area contributed by atoms with Crippen LogP contribution in [0, 0.1) is 0 Å². The molecule has 1 fully saturated rings. The average Bonchev–Trinajstić information content (AvgIpc) is 3.09. The van der Waals surface area contributed by atoms with E-state index in [0.717, 1.165) is 37.9 Å². The van der Waals surface area contributed by atoms with Gasteiger partial charge in [-0.2, -0.15) is 0 Å². The minimum Gasteiger partial charge on any atom is -0.507 e. The molecule has 0 radical (unpaired) electrons. The molecule has 0 aromatic heterocycles. The molecule has 2 aromatic rings. The second kappa shape index (κ2) is 10.1. The summed E-state index contributed by atoms with van der Waals surface area (Å²) in [6.07, 6.45) is 4.30. The van der Waals surface area contributed by atoms with Crippen molar-refractivity contribution < 1.29 is 14.7 Å². The van der Waals surface area contributed by atoms with Crippen molar-refractivity contribution in [1.82, 2.24) is 9.80 Å². The van der Waals surface area contributed by atoms with E-state index in [1.807, 2.05) is 30.3 Å². The van der Waals surface area contributed by atoms with Crippen molar-refractivity contribution in [3.8, 4) is 0 Å². The van der Waals surface area contributed by atoms with Crippen LogP contribution in [0.15, 0.2) is 48.0 Å². The van der Waals surface area contributed by atoms with Crippen molar-refractivity contribution in [2.24, 2.45) is 0 Å². The van der Waals surface area contributed by atoms with Crippen molar-refractivity contribution in [3.05, 3.63) is 75.3 Å². The lowest BCUT2D eigenvalue weighted by Crippen LogP contribution is -2.38. The lowest BCUT2D eigenvalue weighted by Gasteiger charge is -2.28. The van der Waals surface area contributed by atoms with Gasteiger partial charge in [-0.1, -0.05) is 49.7 Å². The quantitative estimate of drug-likeness (QED) is 0.355. The average molecular weight is 467 g/mol. The first-order valence-electron chi connectivity index (χ1n) is 11.8. The summed E-state index contributed by atoms with van der Waals surface area (Å²) in [7, 11) is 0. The van der Waals surface area contributed by atoms with Crippen LogP contribution in [0.1, 0.15) is 55.0 Å². The molecule has 1 aliphatic carbocycles. The van der Waals surface area contributed by atoms with Gasteiger partial charge in [0.25, 0.3) is 11.7 Å². The van der Waals surface area contributed by atoms with Crippen LogP contribution in [0.5, 0.6) is 0 Å². The summed E-state index contributed by atoms with van der Waals surface area (Å²) in [6.45, 7) is 6.93. The van der Waals surface area contributed by atoms with Gasteiger partial charge in [-0.05, 0) is 73.7 Å². The molecule has 174 valence electrons. The van der Waals surface area contributed by atoms with Crippen molar-refractivity contribution >= 4 is 29.1 Å². The monoisotopic (exact) mass is 466 g/mol. The number of aryl methyl sites for hydroxylation is 2. The Bertz CT molecular complexity index is 1070. The zero-order valence-corrected chi connectivity index (χ0v) is 20.1. The Labute approximate surface area is 200 Å². The normalized spacial score (nSPS) is 19.9. The molecule has 2 aromatic carbocycles. The minimum atomic E-state index is -0.645. The fourth-order valence-corrected chi connectivity index (χ4v) is 5.05. The highest BCUT2D eigenvalue weighted by atomic mass is 35.5. The van der Waals surface area contributed by atoms with Crippen LogP contribution in [0.3, 0.4) is 0 Å². The highest BCUT2D eigenvalue weighted by Gasteiger charge is 2.46. The number of halogens is 1. The van der Waals surface area contributed by atoms with E-state index in [2.05, 4.69) is 18.7 Å². The highest BCUT2D eigenvalue weighted by Crippen LogP contribution is 2.40. The SMILES string of the molecule is CCN(CC)CCN1C(=O)C(=O)/C(=C(\O)c2ccc3c(c2)CCCC3)C1c1ccc(Cl)cc1. The van der Waals surface area contributed by atoms with Gasteiger partial charge in [0.15, 0.2) is 0 Å². The van der Waals surface area contributed by atoms with Gasteiger partial charge in [0, 0.05) is 23.7 Å². The zero-order chi connectivity index (χ0) is 23.5. The molecule has 1 N–H and O–H groups in total. The molecule has 5 nitrogen and oxygen atoms in total. The molecule has 0 spiro atoms. The number of aliphatic hydroxyl groups is 1. The molecule has 1 aliphatic heterocycles. The largest absolute Gasteiger partial charge is 0.507 e. The molecule has 6 heteroatoms. The highest BCUT2D eigenvalue weighted by molar-refractivity contribution is 6.46. The van der Waals surface area contributed by atoms with Gasteiger partial charge in [0.05, 0.1) is 11.6 Å². The van der Waals surface area contributed by atoms with E-state index in [-0.39, 0.29) is 11.3 Å². The number of hydrogen-bond donors (Lipinski definition) is 1. The summed E-state index contributed by atoms with van der Waals surface area (Å²) >= 11 is 6.10. The third-order valence-electron chi connectivity index (χ3n) is 6.90. The number of Topliss-reactive ketones (excluding diaryl/α,β-unsaturated/α-hetero) is 1. The molecule has 0 bridgehead atoms. The fourth-order valence-electron chi connectivity index (χ4n) is 4.93. The Morgan fingerprint density at radius 3 is 2.36 bits per heavy atom. The molecule has 1 atom stereocenters. The number of hydrogen-bond acceptors (Lipinski definition) is 4. The Balaban J connectivity index is 1.78. The van der Waals surface area contributed by atoms with Crippen molar-refractivity contribution in [3.63, 3.8) is 0 Å². The molecular formula is C27H31ClN2O3. The number of nitrogens with zero attached hydrogens (tertiary/aromatic N) is 2. The zero-order valence-electron chi connectivity index (χ0n) is 19.3. The number of carbonyl (C=O) groups excluding carboxylic acids is 2. The molecular weight excluding hydrogens is 436 g/mol. The van der Waals surface area contributed by atoms with E-state index in [1.54, 1.807) is 17.0 Å². The molecule has 33 heavy (non-hydrogen) atoms. The smallest absolute Gasteiger partial charge is 0.295 e. The Hall–Kier alpha value is -2.63. The van der Waals surface area contributed by atoms with Crippen LogP contribution in [0.4, 0.5) is 0 Å². The van der Waals surface area contributed by atoms with Crippen LogP contribution in [0.25, 0.3) is 5.76 Å². The van der Waals surface area contributed by atoms with Crippen LogP contribution >= 0.6 is 11.6 Å². The second-order valence-electron chi connectivity index (χ2n) is 8.76. The van der Waals surface area contributed by atoms with Gasteiger partial charge in [-0.25, -0.2) is 0 Å². The van der Waals surface area contributed by atoms with Gasteiger partial charge in [-0.15, -0.1) is 0 Å². The number of aliphatic hydroxyl groups excluding tert-OH is 1. The Morgan fingerprint density at radius 2 is 1.70 bits per heavy atom. The standard InChI is InChI=1S/C27H31ClN2O3/c1-3-29(4-2)15-16-30-24(19-11-13-22(28)14-12-19)23(26(32)27(30)33)25(31)21-10-9-18-7-5-6-8-20(18)17-21/h9-14,17,24,31H,3-8,15-16H2,1-2H3/b25-23-. The summed E-state index contributed by atoms with van der Waals surface area (Å²) in [5.41, 5.74) is 4.02. The molecule has 1 heterocycles. The van der Waals surface area contributed by atoms with Gasteiger partial charge < -0.3 is 14.9 Å². The minimum absolute atomic E-state index is 0.105. The maximum absolute atomic E-state index is 13.2. The summed E-state index contributed by atoms with van der Waals surface area (Å²) in [5.74, 6) is -1.31. The maximum atomic E-state index is 13.2. The number of amides is 1. The molecule has 1 unspecified atom stereocenters. The molecule has 1 saturated heterocycles. The van der Waals surface area contributed by atoms with E-state index in [9.17, 15) is 14.7 Å². The first-order chi connectivity index (χ1) is 15.9. The van der Waals surface area contributed by atoms with E-state index >= 15 is 0 Å². The first-order valence-corrected chi connectivity index (χ1v) is 12.2. The van der Waals surface area contributed by atoms with E-state index < -0.39 is 17.7 Å². The number of likely N-dealkylation sites (N-methyl/N-ethyl adjacent to an activating group) is 1. The fraction of sp³-hybridized carbons (Fsp3) is 0.407. The van der Waals surface area contributed by atoms with Crippen LogP contribution < -0.4 is 0 Å². The van der Waals surface area contributed by atoms with Crippen molar-refractivity contribution in [1.29, 1.82) is 0 Å². The number of likely N-dealkylation sites (tertiary alicyclic amines) is 1. The number of carbonyl (C=O) groups is 2. The molecule has 1 amide bonds. The van der Waals surface area contributed by atoms with Crippen LogP contribution in [-0.2, 0) is 22.4 Å². The number of ketones is 1. The van der Waals surface area contributed by atoms with Crippen LogP contribution in [-0.4, -0.2) is 52.8 Å². The van der Waals surface area contributed by atoms with Gasteiger partial charge in [-0.3, -0.25) is 9.59 Å². The van der Waals surface area contributed by atoms with Gasteiger partial charge in [0.1, 0.15) is 5.76 Å². The Kier molecular flexibility index (Phi) is 7.20. The number of rotatable bonds is 7. The summed E-state index contributed by atoms with van der Waals surface area (Å²) in [6, 6.07) is 12.4. The molecule has 4 rings (SSSR count). The lowest BCUT2D eigenvalue weighted by molar-refractivity contribution is -0.140. The van der Waals surface area contributed by atoms with Gasteiger partial charge in [0.2, 0.25) is 0 Å². The summed E-state index contributed by atoms with van der Waals surface area (Å²) in [4.78, 5) is 30.1. The first kappa shape index (κ1) is 23.5. The lowest BCUT2D eigenvalue weighted by atomic mass is 9.89. The van der Waals surface area contributed by atoms with Gasteiger partial charge >= 0.3 is 0 Å². The van der Waals surface area contributed by atoms with E-state index in [0.29, 0.717) is 23.7 Å². The predicted octanol–water partition coefficient (Wildman–Crippen LogP) is 4.98. The van der Waals surface area contributed by atoms with Crippen LogP contribution in [0.2, 0.25) is 5.02 Å². The third kappa shape index (κ3) is 4.71. The summed E-state index contributed by atoms with van der Waals surface area (Å²) < 4.78 is 0. The topological polar surface area (TPSA) is 60.9 Å². The molecule has 2 aliphatic rings. The second-order valence-corrected chi connectivity index (χ2v) is 9.20. The predicted molar refractivity (Wildman–Crippen MR) is 131 cm³/mol. The van der Waals surface area contributed by atoms with Crippen molar-refractivity contribution in [2.75, 3.05) is 26.2 Å². The number of fused-ring (bicyclic) bond motifs is 1.